The highest BCUT2D eigenvalue weighted by Crippen LogP contribution is 2.28. The predicted molar refractivity (Wildman–Crippen MR) is 82.0 cm³/mol. The SMILES string of the molecule is COc1ccc(C(=O)c2c(C=O)[nH]c(C(=O)O)c2C)cc1Br. The Balaban J connectivity index is 2.56. The Bertz CT molecular complexity index is 778. The van der Waals surface area contributed by atoms with E-state index in [-0.39, 0.29) is 22.5 Å². The molecular weight excluding hydrogens is 354 g/mol. The first kappa shape index (κ1) is 16.0. The summed E-state index contributed by atoms with van der Waals surface area (Å²) >= 11 is 3.28. The van der Waals surface area contributed by atoms with Gasteiger partial charge in [-0.05, 0) is 46.6 Å². The summed E-state index contributed by atoms with van der Waals surface area (Å²) in [6.45, 7) is 1.48. The van der Waals surface area contributed by atoms with Crippen LogP contribution in [0.15, 0.2) is 22.7 Å². The maximum Gasteiger partial charge on any atom is 0.352 e. The highest BCUT2D eigenvalue weighted by Gasteiger charge is 2.24. The van der Waals surface area contributed by atoms with E-state index in [9.17, 15) is 14.4 Å². The van der Waals surface area contributed by atoms with Gasteiger partial charge < -0.3 is 14.8 Å². The van der Waals surface area contributed by atoms with Crippen molar-refractivity contribution in [2.45, 2.75) is 6.92 Å². The molecule has 0 aliphatic heterocycles. The van der Waals surface area contributed by atoms with Crippen LogP contribution in [0.5, 0.6) is 5.75 Å². The third-order valence-electron chi connectivity index (χ3n) is 3.25. The fourth-order valence-electron chi connectivity index (χ4n) is 2.16. The molecule has 0 saturated carbocycles. The molecule has 1 heterocycles. The summed E-state index contributed by atoms with van der Waals surface area (Å²) in [6, 6.07) is 4.72. The number of aldehydes is 1. The number of nitrogens with one attached hydrogen (secondary N) is 1. The zero-order valence-electron chi connectivity index (χ0n) is 11.8. The molecule has 0 radical (unpaired) electrons. The standard InChI is InChI=1S/C15H12BrNO5/c1-7-12(10(6-18)17-13(7)15(20)21)14(19)8-3-4-11(22-2)9(16)5-8/h3-6,17H,1-2H3,(H,20,21). The fourth-order valence-corrected chi connectivity index (χ4v) is 2.71. The van der Waals surface area contributed by atoms with Crippen molar-refractivity contribution in [1.29, 1.82) is 0 Å². The van der Waals surface area contributed by atoms with Crippen molar-refractivity contribution in [2.24, 2.45) is 0 Å². The van der Waals surface area contributed by atoms with Crippen LogP contribution < -0.4 is 4.74 Å². The average Bonchev–Trinajstić information content (AvgIpc) is 2.83. The molecule has 0 fully saturated rings. The number of H-pyrrole nitrogens is 1. The molecule has 0 amide bonds. The van der Waals surface area contributed by atoms with Crippen LogP contribution in [0, 0.1) is 6.92 Å². The summed E-state index contributed by atoms with van der Waals surface area (Å²) in [6.07, 6.45) is 0.436. The van der Waals surface area contributed by atoms with Gasteiger partial charge in [-0.1, -0.05) is 0 Å². The fraction of sp³-hybridized carbons (Fsp3) is 0.133. The van der Waals surface area contributed by atoms with Gasteiger partial charge in [-0.3, -0.25) is 9.59 Å². The third kappa shape index (κ3) is 2.67. The van der Waals surface area contributed by atoms with Crippen molar-refractivity contribution in [2.75, 3.05) is 7.11 Å². The Morgan fingerprint density at radius 1 is 1.36 bits per heavy atom. The summed E-state index contributed by atoms with van der Waals surface area (Å²) < 4.78 is 5.67. The van der Waals surface area contributed by atoms with Crippen molar-refractivity contribution in [3.05, 3.63) is 50.8 Å². The quantitative estimate of drug-likeness (QED) is 0.627. The first-order valence-corrected chi connectivity index (χ1v) is 6.99. The molecule has 114 valence electrons. The maximum atomic E-state index is 12.6. The number of benzene rings is 1. The smallest absolute Gasteiger partial charge is 0.352 e. The van der Waals surface area contributed by atoms with Gasteiger partial charge >= 0.3 is 5.97 Å². The second-order valence-electron chi connectivity index (χ2n) is 4.52. The van der Waals surface area contributed by atoms with Gasteiger partial charge in [-0.15, -0.1) is 0 Å². The molecule has 6 nitrogen and oxygen atoms in total. The molecule has 0 spiro atoms. The number of ketones is 1. The van der Waals surface area contributed by atoms with E-state index < -0.39 is 11.8 Å². The molecule has 2 rings (SSSR count). The number of carboxylic acid groups (broad SMARTS) is 1. The van der Waals surface area contributed by atoms with Gasteiger partial charge in [-0.25, -0.2) is 4.79 Å². The van der Waals surface area contributed by atoms with Crippen LogP contribution in [0.3, 0.4) is 0 Å². The highest BCUT2D eigenvalue weighted by atomic mass is 79.9. The molecule has 2 aromatic rings. The summed E-state index contributed by atoms with van der Waals surface area (Å²) in [7, 11) is 1.50. The van der Waals surface area contributed by atoms with E-state index in [0.717, 1.165) is 0 Å². The molecular formula is C15H12BrNO5. The lowest BCUT2D eigenvalue weighted by Crippen LogP contribution is -2.06. The molecule has 1 aromatic heterocycles. The van der Waals surface area contributed by atoms with Crippen molar-refractivity contribution < 1.29 is 24.2 Å². The van der Waals surface area contributed by atoms with Gasteiger partial charge in [0.05, 0.1) is 22.8 Å². The summed E-state index contributed by atoms with van der Waals surface area (Å²) in [5.41, 5.74) is 0.385. The van der Waals surface area contributed by atoms with Gasteiger partial charge in [0.1, 0.15) is 11.4 Å². The number of aromatic nitrogens is 1. The summed E-state index contributed by atoms with van der Waals surface area (Å²) in [4.78, 5) is 37.3. The number of rotatable bonds is 5. The molecule has 0 bridgehead atoms. The lowest BCUT2D eigenvalue weighted by molar-refractivity contribution is 0.0690. The van der Waals surface area contributed by atoms with E-state index >= 15 is 0 Å². The van der Waals surface area contributed by atoms with Gasteiger partial charge in [0, 0.05) is 5.56 Å². The normalized spacial score (nSPS) is 10.3. The third-order valence-corrected chi connectivity index (χ3v) is 3.87. The molecule has 2 N–H and O–H groups in total. The lowest BCUT2D eigenvalue weighted by Gasteiger charge is -2.06. The van der Waals surface area contributed by atoms with Crippen molar-refractivity contribution >= 4 is 34.0 Å². The summed E-state index contributed by atoms with van der Waals surface area (Å²) in [5, 5.41) is 9.08. The van der Waals surface area contributed by atoms with Crippen LogP contribution >= 0.6 is 15.9 Å². The van der Waals surface area contributed by atoms with Crippen LogP contribution in [0.25, 0.3) is 0 Å². The van der Waals surface area contributed by atoms with E-state index in [4.69, 9.17) is 9.84 Å². The van der Waals surface area contributed by atoms with Crippen LogP contribution in [-0.2, 0) is 0 Å². The molecule has 22 heavy (non-hydrogen) atoms. The van der Waals surface area contributed by atoms with E-state index in [2.05, 4.69) is 20.9 Å². The minimum Gasteiger partial charge on any atom is -0.496 e. The number of aromatic carboxylic acids is 1. The Kier molecular flexibility index (Phi) is 4.46. The van der Waals surface area contributed by atoms with Gasteiger partial charge in [0.2, 0.25) is 0 Å². The average molecular weight is 366 g/mol. The molecule has 1 aromatic carbocycles. The number of hydrogen-bond donors (Lipinski definition) is 2. The Morgan fingerprint density at radius 2 is 2.05 bits per heavy atom. The number of aromatic amines is 1. The Labute approximate surface area is 134 Å². The predicted octanol–water partition coefficient (Wildman–Crippen LogP) is 2.84. The number of ether oxygens (including phenoxy) is 1. The minimum atomic E-state index is -1.23. The molecule has 0 saturated heterocycles. The van der Waals surface area contributed by atoms with Crippen molar-refractivity contribution in [3.8, 4) is 5.75 Å². The Morgan fingerprint density at radius 3 is 2.55 bits per heavy atom. The number of hydrogen-bond acceptors (Lipinski definition) is 4. The monoisotopic (exact) mass is 365 g/mol. The highest BCUT2D eigenvalue weighted by molar-refractivity contribution is 9.10. The zero-order valence-corrected chi connectivity index (χ0v) is 13.4. The molecule has 0 atom stereocenters. The van der Waals surface area contributed by atoms with Crippen LogP contribution in [0.2, 0.25) is 0 Å². The maximum absolute atomic E-state index is 12.6. The van der Waals surface area contributed by atoms with Gasteiger partial charge in [0.25, 0.3) is 0 Å². The number of methoxy groups -OCH3 is 1. The van der Waals surface area contributed by atoms with E-state index in [1.165, 1.54) is 14.0 Å². The number of halogens is 1. The van der Waals surface area contributed by atoms with Crippen LogP contribution in [-0.4, -0.2) is 35.2 Å². The van der Waals surface area contributed by atoms with Crippen molar-refractivity contribution in [1.82, 2.24) is 4.98 Å². The number of carbonyl (C=O) groups excluding carboxylic acids is 2. The Hall–Kier alpha value is -2.41. The topological polar surface area (TPSA) is 96.5 Å². The van der Waals surface area contributed by atoms with E-state index in [1.54, 1.807) is 18.2 Å². The second-order valence-corrected chi connectivity index (χ2v) is 5.37. The molecule has 0 unspecified atom stereocenters. The largest absolute Gasteiger partial charge is 0.496 e. The first-order chi connectivity index (χ1) is 10.4. The number of carboxylic acids is 1. The van der Waals surface area contributed by atoms with Gasteiger partial charge in [0.15, 0.2) is 12.1 Å². The molecule has 7 heteroatoms. The van der Waals surface area contributed by atoms with Crippen molar-refractivity contribution in [3.63, 3.8) is 0 Å². The molecule has 0 aliphatic rings. The minimum absolute atomic E-state index is 0.0492. The van der Waals surface area contributed by atoms with Crippen LogP contribution in [0.1, 0.15) is 42.5 Å². The lowest BCUT2D eigenvalue weighted by atomic mass is 9.99. The van der Waals surface area contributed by atoms with E-state index in [0.29, 0.717) is 22.1 Å². The van der Waals surface area contributed by atoms with Crippen LogP contribution in [0.4, 0.5) is 0 Å². The number of carbonyl (C=O) groups is 3. The van der Waals surface area contributed by atoms with E-state index in [1.807, 2.05) is 0 Å². The summed E-state index contributed by atoms with van der Waals surface area (Å²) in [5.74, 6) is -1.11. The second kappa shape index (κ2) is 6.15. The van der Waals surface area contributed by atoms with Gasteiger partial charge in [-0.2, -0.15) is 0 Å². The zero-order chi connectivity index (χ0) is 16.4. The molecule has 0 aliphatic carbocycles. The first-order valence-electron chi connectivity index (χ1n) is 6.20.